The van der Waals surface area contributed by atoms with E-state index in [0.29, 0.717) is 31.5 Å². The Morgan fingerprint density at radius 2 is 2.36 bits per heavy atom. The molecule has 6 heteroatoms. The summed E-state index contributed by atoms with van der Waals surface area (Å²) in [5, 5.41) is 10.7. The second-order valence-corrected chi connectivity index (χ2v) is 3.04. The van der Waals surface area contributed by atoms with E-state index < -0.39 is 0 Å². The molecule has 0 bridgehead atoms. The van der Waals surface area contributed by atoms with Crippen molar-refractivity contribution in [2.75, 3.05) is 25.6 Å². The zero-order valence-electron chi connectivity index (χ0n) is 8.49. The number of ether oxygens (including phenoxy) is 1. The molecule has 0 spiro atoms. The van der Waals surface area contributed by atoms with E-state index in [-0.39, 0.29) is 6.04 Å². The fourth-order valence-electron chi connectivity index (χ4n) is 1.04. The molecule has 0 saturated carbocycles. The largest absolute Gasteiger partial charge is 0.408 e. The van der Waals surface area contributed by atoms with Crippen molar-refractivity contribution in [2.24, 2.45) is 5.73 Å². The number of nitrogens with one attached hydrogen (secondary N) is 1. The van der Waals surface area contributed by atoms with E-state index in [9.17, 15) is 0 Å². The fourth-order valence-corrected chi connectivity index (χ4v) is 1.04. The third-order valence-electron chi connectivity index (χ3n) is 1.61. The molecular formula is C8H16N4O2. The summed E-state index contributed by atoms with van der Waals surface area (Å²) in [6.07, 6.45) is 0.605. The van der Waals surface area contributed by atoms with Gasteiger partial charge >= 0.3 is 6.01 Å². The summed E-state index contributed by atoms with van der Waals surface area (Å²) in [5.41, 5.74) is 5.35. The Labute approximate surface area is 82.8 Å². The van der Waals surface area contributed by atoms with Crippen LogP contribution in [0.5, 0.6) is 0 Å². The lowest BCUT2D eigenvalue weighted by molar-refractivity contribution is 0.189. The van der Waals surface area contributed by atoms with Gasteiger partial charge in [-0.25, -0.2) is 0 Å². The van der Waals surface area contributed by atoms with E-state index in [1.165, 1.54) is 0 Å². The van der Waals surface area contributed by atoms with Gasteiger partial charge in [-0.2, -0.15) is 0 Å². The average molecular weight is 200 g/mol. The highest BCUT2D eigenvalue weighted by Crippen LogP contribution is 2.06. The maximum absolute atomic E-state index is 5.35. The Balaban J connectivity index is 2.42. The minimum atomic E-state index is 0.145. The van der Waals surface area contributed by atoms with Gasteiger partial charge in [-0.15, -0.1) is 5.10 Å². The minimum Gasteiger partial charge on any atom is -0.408 e. The lowest BCUT2D eigenvalue weighted by atomic mass is 10.4. The van der Waals surface area contributed by atoms with Crippen molar-refractivity contribution in [1.29, 1.82) is 0 Å². The smallest absolute Gasteiger partial charge is 0.315 e. The Morgan fingerprint density at radius 1 is 1.57 bits per heavy atom. The van der Waals surface area contributed by atoms with E-state index >= 15 is 0 Å². The van der Waals surface area contributed by atoms with Gasteiger partial charge in [0.15, 0.2) is 0 Å². The maximum atomic E-state index is 5.35. The van der Waals surface area contributed by atoms with Crippen molar-refractivity contribution >= 4 is 6.01 Å². The van der Waals surface area contributed by atoms with Crippen LogP contribution in [0.25, 0.3) is 0 Å². The molecule has 6 nitrogen and oxygen atoms in total. The first kappa shape index (κ1) is 10.9. The summed E-state index contributed by atoms with van der Waals surface area (Å²) in [6.45, 7) is 3.07. The van der Waals surface area contributed by atoms with Gasteiger partial charge in [-0.1, -0.05) is 5.10 Å². The van der Waals surface area contributed by atoms with Gasteiger partial charge in [0.1, 0.15) is 0 Å². The lowest BCUT2D eigenvalue weighted by Crippen LogP contribution is -2.20. The number of hydrogen-bond acceptors (Lipinski definition) is 6. The summed E-state index contributed by atoms with van der Waals surface area (Å²) in [4.78, 5) is 0. The molecular weight excluding hydrogens is 184 g/mol. The van der Waals surface area contributed by atoms with E-state index in [1.807, 2.05) is 6.92 Å². The first-order valence-corrected chi connectivity index (χ1v) is 4.54. The van der Waals surface area contributed by atoms with Gasteiger partial charge in [-0.05, 0) is 6.92 Å². The molecule has 0 aliphatic carbocycles. The predicted molar refractivity (Wildman–Crippen MR) is 52.0 cm³/mol. The van der Waals surface area contributed by atoms with E-state index in [2.05, 4.69) is 15.5 Å². The molecule has 0 aliphatic heterocycles. The van der Waals surface area contributed by atoms with Crippen LogP contribution < -0.4 is 11.1 Å². The number of methoxy groups -OCH3 is 1. The molecule has 14 heavy (non-hydrogen) atoms. The highest BCUT2D eigenvalue weighted by Gasteiger charge is 2.07. The third kappa shape index (κ3) is 3.31. The van der Waals surface area contributed by atoms with Crippen LogP contribution in [0.15, 0.2) is 4.42 Å². The highest BCUT2D eigenvalue weighted by atomic mass is 16.5. The molecule has 1 aromatic heterocycles. The standard InChI is InChI=1S/C8H16N4O2/c1-6(5-13-2)10-8-12-11-7(14-8)3-4-9/h6H,3-5,9H2,1-2H3,(H,10,12). The second kappa shape index (κ2) is 5.56. The summed E-state index contributed by atoms with van der Waals surface area (Å²) >= 11 is 0. The van der Waals surface area contributed by atoms with E-state index in [0.717, 1.165) is 0 Å². The zero-order chi connectivity index (χ0) is 10.4. The summed E-state index contributed by atoms with van der Waals surface area (Å²) in [7, 11) is 1.64. The number of nitrogens with two attached hydrogens (primary N) is 1. The van der Waals surface area contributed by atoms with Crippen LogP contribution in [0, 0.1) is 0 Å². The summed E-state index contributed by atoms with van der Waals surface area (Å²) in [5.74, 6) is 0.555. The molecule has 1 heterocycles. The quantitative estimate of drug-likeness (QED) is 0.673. The van der Waals surface area contributed by atoms with E-state index in [1.54, 1.807) is 7.11 Å². The molecule has 3 N–H and O–H groups in total. The van der Waals surface area contributed by atoms with Crippen molar-refractivity contribution in [3.8, 4) is 0 Å². The first-order chi connectivity index (χ1) is 6.76. The van der Waals surface area contributed by atoms with E-state index in [4.69, 9.17) is 14.9 Å². The Bertz CT molecular complexity index is 264. The van der Waals surface area contributed by atoms with Gasteiger partial charge in [-0.3, -0.25) is 0 Å². The minimum absolute atomic E-state index is 0.145. The van der Waals surface area contributed by atoms with Crippen LogP contribution in [-0.4, -0.2) is 36.5 Å². The fraction of sp³-hybridized carbons (Fsp3) is 0.750. The first-order valence-electron chi connectivity index (χ1n) is 4.54. The highest BCUT2D eigenvalue weighted by molar-refractivity contribution is 5.18. The van der Waals surface area contributed by atoms with Crippen LogP contribution in [0.4, 0.5) is 6.01 Å². The Morgan fingerprint density at radius 3 is 3.00 bits per heavy atom. The van der Waals surface area contributed by atoms with Crippen molar-refractivity contribution in [2.45, 2.75) is 19.4 Å². The van der Waals surface area contributed by atoms with Gasteiger partial charge in [0.05, 0.1) is 12.6 Å². The topological polar surface area (TPSA) is 86.2 Å². The van der Waals surface area contributed by atoms with Crippen molar-refractivity contribution < 1.29 is 9.15 Å². The molecule has 0 radical (unpaired) electrons. The van der Waals surface area contributed by atoms with Crippen LogP contribution in [0.2, 0.25) is 0 Å². The Kier molecular flexibility index (Phi) is 4.34. The van der Waals surface area contributed by atoms with Gasteiger partial charge in [0.25, 0.3) is 0 Å². The van der Waals surface area contributed by atoms with Gasteiger partial charge < -0.3 is 20.2 Å². The summed E-state index contributed by atoms with van der Waals surface area (Å²) in [6, 6.07) is 0.559. The van der Waals surface area contributed by atoms with Crippen molar-refractivity contribution in [3.05, 3.63) is 5.89 Å². The normalized spacial score (nSPS) is 12.8. The number of anilines is 1. The predicted octanol–water partition coefficient (Wildman–Crippen LogP) is 0.0176. The Hall–Kier alpha value is -1.14. The lowest BCUT2D eigenvalue weighted by Gasteiger charge is -2.09. The zero-order valence-corrected chi connectivity index (χ0v) is 8.49. The van der Waals surface area contributed by atoms with Crippen LogP contribution in [-0.2, 0) is 11.2 Å². The molecule has 0 saturated heterocycles. The molecule has 1 unspecified atom stereocenters. The van der Waals surface area contributed by atoms with Gasteiger partial charge in [0.2, 0.25) is 5.89 Å². The average Bonchev–Trinajstić information content (AvgIpc) is 2.53. The van der Waals surface area contributed by atoms with Crippen LogP contribution in [0.3, 0.4) is 0 Å². The van der Waals surface area contributed by atoms with Crippen LogP contribution in [0.1, 0.15) is 12.8 Å². The van der Waals surface area contributed by atoms with Crippen molar-refractivity contribution in [3.63, 3.8) is 0 Å². The summed E-state index contributed by atoms with van der Waals surface area (Å²) < 4.78 is 10.2. The van der Waals surface area contributed by atoms with Crippen LogP contribution >= 0.6 is 0 Å². The molecule has 80 valence electrons. The number of hydrogen-bond donors (Lipinski definition) is 2. The molecule has 0 aliphatic rings. The second-order valence-electron chi connectivity index (χ2n) is 3.04. The monoisotopic (exact) mass is 200 g/mol. The molecule has 0 amide bonds. The maximum Gasteiger partial charge on any atom is 0.315 e. The SMILES string of the molecule is COCC(C)Nc1nnc(CCN)o1. The number of aromatic nitrogens is 2. The molecule has 1 rings (SSSR count). The third-order valence-corrected chi connectivity index (χ3v) is 1.61. The van der Waals surface area contributed by atoms with Crippen molar-refractivity contribution in [1.82, 2.24) is 10.2 Å². The number of rotatable bonds is 6. The molecule has 1 aromatic rings. The molecule has 0 fully saturated rings. The molecule has 0 aromatic carbocycles. The number of nitrogens with zero attached hydrogens (tertiary/aromatic N) is 2. The van der Waals surface area contributed by atoms with Gasteiger partial charge in [0, 0.05) is 20.1 Å². The molecule has 1 atom stereocenters.